The molecule has 2 aliphatic rings. The van der Waals surface area contributed by atoms with Gasteiger partial charge in [0.15, 0.2) is 0 Å². The number of aromatic nitrogens is 3. The Hall–Kier alpha value is -2.90. The zero-order valence-corrected chi connectivity index (χ0v) is 15.3. The van der Waals surface area contributed by atoms with Crippen LogP contribution in [0.2, 0.25) is 0 Å². The van der Waals surface area contributed by atoms with Gasteiger partial charge in [-0.1, -0.05) is 18.2 Å². The van der Waals surface area contributed by atoms with Crippen molar-refractivity contribution in [2.45, 2.75) is 37.6 Å². The number of nitrogens with one attached hydrogen (secondary N) is 1. The number of benzene rings is 1. The van der Waals surface area contributed by atoms with Crippen LogP contribution in [0, 0.1) is 0 Å². The van der Waals surface area contributed by atoms with Gasteiger partial charge in [0.25, 0.3) is 0 Å². The summed E-state index contributed by atoms with van der Waals surface area (Å²) in [5, 5.41) is 7.22. The van der Waals surface area contributed by atoms with E-state index in [0.29, 0.717) is 25.9 Å². The maximum Gasteiger partial charge on any atom is 0.350 e. The number of carbonyl (C=O) groups excluding carboxylic acids is 2. The molecule has 3 heterocycles. The third-order valence-corrected chi connectivity index (χ3v) is 5.43. The molecule has 2 saturated heterocycles. The second-order valence-corrected chi connectivity index (χ2v) is 7.19. The van der Waals surface area contributed by atoms with Gasteiger partial charge in [0, 0.05) is 32.5 Å². The molecule has 4 rings (SSSR count). The second kappa shape index (κ2) is 7.02. The Kier molecular flexibility index (Phi) is 4.55. The van der Waals surface area contributed by atoms with Gasteiger partial charge in [-0.05, 0) is 31.4 Å². The second-order valence-electron chi connectivity index (χ2n) is 7.19. The maximum absolute atomic E-state index is 12.6. The van der Waals surface area contributed by atoms with Crippen molar-refractivity contribution in [3.05, 3.63) is 46.6 Å². The van der Waals surface area contributed by atoms with E-state index in [9.17, 15) is 14.4 Å². The topological polar surface area (TPSA) is 89.2 Å². The molecule has 27 heavy (non-hydrogen) atoms. The van der Waals surface area contributed by atoms with Crippen LogP contribution in [0.1, 0.15) is 37.4 Å². The zero-order valence-electron chi connectivity index (χ0n) is 15.3. The first-order valence-electron chi connectivity index (χ1n) is 9.34. The number of rotatable bonds is 3. The highest BCUT2D eigenvalue weighted by atomic mass is 16.2. The number of para-hydroxylation sites is 1. The molecule has 0 spiro atoms. The molecule has 1 unspecified atom stereocenters. The van der Waals surface area contributed by atoms with Gasteiger partial charge >= 0.3 is 5.69 Å². The molecule has 0 aliphatic carbocycles. The first-order chi connectivity index (χ1) is 13.0. The van der Waals surface area contributed by atoms with Crippen LogP contribution in [0.25, 0.3) is 5.69 Å². The van der Waals surface area contributed by atoms with E-state index in [2.05, 4.69) is 10.4 Å². The lowest BCUT2D eigenvalue weighted by molar-refractivity contribution is -0.135. The monoisotopic (exact) mass is 369 g/mol. The molecule has 8 heteroatoms. The average Bonchev–Trinajstić information content (AvgIpc) is 3.26. The smallest absolute Gasteiger partial charge is 0.344 e. The molecule has 8 nitrogen and oxygen atoms in total. The van der Waals surface area contributed by atoms with Crippen LogP contribution < -0.4 is 11.0 Å². The number of hydrogen-bond donors (Lipinski definition) is 1. The number of amides is 2. The first-order valence-corrected chi connectivity index (χ1v) is 9.34. The fraction of sp³-hybridized carbons (Fsp3) is 0.474. The van der Waals surface area contributed by atoms with E-state index < -0.39 is 0 Å². The molecule has 2 amide bonds. The third kappa shape index (κ3) is 3.27. The molecular weight excluding hydrogens is 346 g/mol. The van der Waals surface area contributed by atoms with Gasteiger partial charge in [0.05, 0.1) is 5.69 Å². The van der Waals surface area contributed by atoms with Gasteiger partial charge in [-0.15, -0.1) is 0 Å². The van der Waals surface area contributed by atoms with Crippen molar-refractivity contribution in [1.82, 2.24) is 24.6 Å². The Bertz CT molecular complexity index is 909. The minimum Gasteiger partial charge on any atom is -0.344 e. The highest BCUT2D eigenvalue weighted by Gasteiger charge is 2.34. The molecule has 2 fully saturated rings. The summed E-state index contributed by atoms with van der Waals surface area (Å²) in [6.07, 6.45) is 2.49. The number of nitrogens with zero attached hydrogens (tertiary/aromatic N) is 4. The summed E-state index contributed by atoms with van der Waals surface area (Å²) in [5.74, 6) is 0.806. The number of piperidine rings is 1. The van der Waals surface area contributed by atoms with Crippen molar-refractivity contribution in [3.63, 3.8) is 0 Å². The predicted molar refractivity (Wildman–Crippen MR) is 98.5 cm³/mol. The molecule has 2 aromatic rings. The molecule has 0 saturated carbocycles. The Balaban J connectivity index is 1.51. The summed E-state index contributed by atoms with van der Waals surface area (Å²) in [6.45, 7) is 1.21. The van der Waals surface area contributed by atoms with Crippen LogP contribution in [0.5, 0.6) is 0 Å². The normalized spacial score (nSPS) is 20.7. The Morgan fingerprint density at radius 3 is 2.44 bits per heavy atom. The van der Waals surface area contributed by atoms with E-state index in [4.69, 9.17) is 0 Å². The van der Waals surface area contributed by atoms with Gasteiger partial charge in [-0.2, -0.15) is 5.10 Å². The Morgan fingerprint density at radius 1 is 1.11 bits per heavy atom. The quantitative estimate of drug-likeness (QED) is 0.856. The molecule has 0 radical (unpaired) electrons. The van der Waals surface area contributed by atoms with Crippen LogP contribution in [0.4, 0.5) is 0 Å². The fourth-order valence-corrected chi connectivity index (χ4v) is 3.95. The first kappa shape index (κ1) is 17.5. The fourth-order valence-electron chi connectivity index (χ4n) is 3.95. The van der Waals surface area contributed by atoms with Gasteiger partial charge in [0.1, 0.15) is 11.9 Å². The highest BCUT2D eigenvalue weighted by Crippen LogP contribution is 2.28. The minimum absolute atomic E-state index is 0.000714. The lowest BCUT2D eigenvalue weighted by Crippen LogP contribution is -2.47. The van der Waals surface area contributed by atoms with E-state index in [1.54, 1.807) is 11.6 Å². The molecule has 0 bridgehead atoms. The molecular formula is C19H23N5O3. The van der Waals surface area contributed by atoms with Gasteiger partial charge in [-0.3, -0.25) is 9.59 Å². The number of carbonyl (C=O) groups is 2. The molecule has 2 aliphatic heterocycles. The molecule has 1 aromatic carbocycles. The maximum atomic E-state index is 12.6. The molecule has 1 aromatic heterocycles. The van der Waals surface area contributed by atoms with Crippen molar-refractivity contribution < 1.29 is 9.59 Å². The predicted octanol–water partition coefficient (Wildman–Crippen LogP) is 0.556. The van der Waals surface area contributed by atoms with E-state index in [1.165, 1.54) is 4.68 Å². The zero-order chi connectivity index (χ0) is 19.0. The van der Waals surface area contributed by atoms with Crippen LogP contribution in [-0.2, 0) is 16.6 Å². The molecule has 142 valence electrons. The summed E-state index contributed by atoms with van der Waals surface area (Å²) < 4.78 is 3.03. The summed E-state index contributed by atoms with van der Waals surface area (Å²) >= 11 is 0. The number of aryl methyl sites for hydroxylation is 1. The van der Waals surface area contributed by atoms with Crippen molar-refractivity contribution >= 4 is 11.8 Å². The van der Waals surface area contributed by atoms with Crippen LogP contribution in [0.3, 0.4) is 0 Å². The van der Waals surface area contributed by atoms with Crippen molar-refractivity contribution in [1.29, 1.82) is 0 Å². The molecule has 1 atom stereocenters. The van der Waals surface area contributed by atoms with Crippen LogP contribution in [0.15, 0.2) is 35.1 Å². The summed E-state index contributed by atoms with van der Waals surface area (Å²) in [5.41, 5.74) is 0.640. The van der Waals surface area contributed by atoms with Gasteiger partial charge in [-0.25, -0.2) is 14.0 Å². The van der Waals surface area contributed by atoms with Crippen molar-refractivity contribution in [3.8, 4) is 5.69 Å². The highest BCUT2D eigenvalue weighted by molar-refractivity contribution is 5.90. The summed E-state index contributed by atoms with van der Waals surface area (Å²) in [7, 11) is 1.66. The lowest BCUT2D eigenvalue weighted by Gasteiger charge is -2.33. The lowest BCUT2D eigenvalue weighted by atomic mass is 9.95. The largest absolute Gasteiger partial charge is 0.350 e. The standard InChI is InChI=1S/C19H23N5O3/c1-22-19(27)24(14-5-3-2-4-6-14)17(21-22)13-9-11-23(12-10-13)18(26)15-7-8-16(25)20-15/h2-6,13,15H,7-12H2,1H3,(H,20,25). The molecule has 1 N–H and O–H groups in total. The summed E-state index contributed by atoms with van der Waals surface area (Å²) in [6, 6.07) is 9.12. The van der Waals surface area contributed by atoms with E-state index in [1.807, 2.05) is 35.2 Å². The average molecular weight is 369 g/mol. The van der Waals surface area contributed by atoms with Crippen molar-refractivity contribution in [2.75, 3.05) is 13.1 Å². The SMILES string of the molecule is Cn1nc(C2CCN(C(=O)C3CCC(=O)N3)CC2)n(-c2ccccc2)c1=O. The minimum atomic E-state index is -0.383. The number of likely N-dealkylation sites (tertiary alicyclic amines) is 1. The van der Waals surface area contributed by atoms with Crippen LogP contribution in [-0.4, -0.2) is 50.2 Å². The van der Waals surface area contributed by atoms with E-state index in [0.717, 1.165) is 24.4 Å². The van der Waals surface area contributed by atoms with Crippen molar-refractivity contribution in [2.24, 2.45) is 7.05 Å². The Morgan fingerprint density at radius 2 is 1.81 bits per heavy atom. The van der Waals surface area contributed by atoms with Gasteiger partial charge in [0.2, 0.25) is 11.8 Å². The van der Waals surface area contributed by atoms with E-state index in [-0.39, 0.29) is 29.5 Å². The number of hydrogen-bond acceptors (Lipinski definition) is 4. The van der Waals surface area contributed by atoms with Crippen LogP contribution >= 0.6 is 0 Å². The van der Waals surface area contributed by atoms with Gasteiger partial charge < -0.3 is 10.2 Å². The third-order valence-electron chi connectivity index (χ3n) is 5.43. The Labute approximate surface area is 156 Å². The summed E-state index contributed by atoms with van der Waals surface area (Å²) in [4.78, 5) is 38.3. The van der Waals surface area contributed by atoms with E-state index >= 15 is 0 Å².